The van der Waals surface area contributed by atoms with E-state index < -0.39 is 0 Å². The molecule has 1 aliphatic rings. The molecule has 0 aliphatic heterocycles. The first-order valence-electron chi connectivity index (χ1n) is 7.33. The fourth-order valence-corrected chi connectivity index (χ4v) is 2.71. The standard InChI is InChI=1S/C16H24ClNO/c1-13-7-8-14(11-16(13)17)12-18-9-10-19-15-5-3-2-4-6-15/h7-8,11,15,18H,2-6,9-10,12H2,1H3. The molecule has 0 radical (unpaired) electrons. The third kappa shape index (κ3) is 5.13. The van der Waals surface area contributed by atoms with Crippen LogP contribution in [0.25, 0.3) is 0 Å². The Kier molecular flexibility index (Phi) is 6.15. The number of aryl methyl sites for hydroxylation is 1. The lowest BCUT2D eigenvalue weighted by Crippen LogP contribution is -2.24. The number of benzene rings is 1. The van der Waals surface area contributed by atoms with Gasteiger partial charge in [0.2, 0.25) is 0 Å². The van der Waals surface area contributed by atoms with Gasteiger partial charge in [-0.3, -0.25) is 0 Å². The van der Waals surface area contributed by atoms with Gasteiger partial charge in [0.25, 0.3) is 0 Å². The molecule has 1 aromatic carbocycles. The second kappa shape index (κ2) is 7.88. The molecule has 0 spiro atoms. The van der Waals surface area contributed by atoms with Gasteiger partial charge >= 0.3 is 0 Å². The summed E-state index contributed by atoms with van der Waals surface area (Å²) in [6.45, 7) is 4.60. The first kappa shape index (κ1) is 14.8. The summed E-state index contributed by atoms with van der Waals surface area (Å²) in [5.74, 6) is 0. The van der Waals surface area contributed by atoms with Gasteiger partial charge in [0, 0.05) is 18.1 Å². The molecule has 1 fully saturated rings. The largest absolute Gasteiger partial charge is 0.377 e. The Hall–Kier alpha value is -0.570. The summed E-state index contributed by atoms with van der Waals surface area (Å²) >= 11 is 6.10. The van der Waals surface area contributed by atoms with Crippen LogP contribution in [0.2, 0.25) is 5.02 Å². The Balaban J connectivity index is 1.59. The number of rotatable bonds is 6. The molecule has 1 aromatic rings. The van der Waals surface area contributed by atoms with Crippen LogP contribution >= 0.6 is 11.6 Å². The van der Waals surface area contributed by atoms with Gasteiger partial charge in [0.15, 0.2) is 0 Å². The molecule has 0 aromatic heterocycles. The molecule has 1 N–H and O–H groups in total. The molecular weight excluding hydrogens is 258 g/mol. The zero-order valence-electron chi connectivity index (χ0n) is 11.8. The Morgan fingerprint density at radius 2 is 2.05 bits per heavy atom. The third-order valence-corrected chi connectivity index (χ3v) is 4.16. The number of halogens is 1. The number of hydrogen-bond donors (Lipinski definition) is 1. The van der Waals surface area contributed by atoms with Crippen molar-refractivity contribution in [1.82, 2.24) is 5.32 Å². The zero-order valence-corrected chi connectivity index (χ0v) is 12.5. The number of nitrogens with one attached hydrogen (secondary N) is 1. The summed E-state index contributed by atoms with van der Waals surface area (Å²) in [5.41, 5.74) is 2.36. The van der Waals surface area contributed by atoms with Gasteiger partial charge < -0.3 is 10.1 Å². The van der Waals surface area contributed by atoms with Crippen molar-refractivity contribution in [2.75, 3.05) is 13.2 Å². The number of hydrogen-bond acceptors (Lipinski definition) is 2. The fourth-order valence-electron chi connectivity index (χ4n) is 2.51. The first-order chi connectivity index (χ1) is 9.25. The summed E-state index contributed by atoms with van der Waals surface area (Å²) < 4.78 is 5.88. The third-order valence-electron chi connectivity index (χ3n) is 3.75. The normalized spacial score (nSPS) is 16.7. The second-order valence-corrected chi connectivity index (χ2v) is 5.80. The molecule has 19 heavy (non-hydrogen) atoms. The molecule has 2 rings (SSSR count). The smallest absolute Gasteiger partial charge is 0.0594 e. The molecule has 1 aliphatic carbocycles. The van der Waals surface area contributed by atoms with Crippen molar-refractivity contribution in [2.45, 2.75) is 51.7 Å². The topological polar surface area (TPSA) is 21.3 Å². The summed E-state index contributed by atoms with van der Waals surface area (Å²) in [6, 6.07) is 6.22. The van der Waals surface area contributed by atoms with E-state index in [0.29, 0.717) is 6.10 Å². The molecule has 0 heterocycles. The van der Waals surface area contributed by atoms with Crippen molar-refractivity contribution in [3.63, 3.8) is 0 Å². The molecule has 1 saturated carbocycles. The van der Waals surface area contributed by atoms with Gasteiger partial charge in [-0.2, -0.15) is 0 Å². The lowest BCUT2D eigenvalue weighted by Gasteiger charge is -2.22. The maximum atomic E-state index is 6.10. The second-order valence-electron chi connectivity index (χ2n) is 5.39. The van der Waals surface area contributed by atoms with Crippen LogP contribution in [-0.4, -0.2) is 19.3 Å². The average molecular weight is 282 g/mol. The van der Waals surface area contributed by atoms with E-state index in [4.69, 9.17) is 16.3 Å². The zero-order chi connectivity index (χ0) is 13.5. The van der Waals surface area contributed by atoms with E-state index in [0.717, 1.165) is 30.3 Å². The van der Waals surface area contributed by atoms with Crippen LogP contribution < -0.4 is 5.32 Å². The summed E-state index contributed by atoms with van der Waals surface area (Å²) in [6.07, 6.45) is 7.04. The molecule has 0 bridgehead atoms. The lowest BCUT2D eigenvalue weighted by atomic mass is 9.98. The first-order valence-corrected chi connectivity index (χ1v) is 7.71. The minimum atomic E-state index is 0.504. The maximum absolute atomic E-state index is 6.10. The van der Waals surface area contributed by atoms with Crippen molar-refractivity contribution in [3.8, 4) is 0 Å². The van der Waals surface area contributed by atoms with Gasteiger partial charge in [-0.25, -0.2) is 0 Å². The highest BCUT2D eigenvalue weighted by atomic mass is 35.5. The Bertz CT molecular complexity index is 388. The summed E-state index contributed by atoms with van der Waals surface area (Å²) in [5, 5.41) is 4.25. The maximum Gasteiger partial charge on any atom is 0.0594 e. The summed E-state index contributed by atoms with van der Waals surface area (Å²) in [4.78, 5) is 0. The van der Waals surface area contributed by atoms with E-state index in [1.54, 1.807) is 0 Å². The monoisotopic (exact) mass is 281 g/mol. The molecule has 2 nitrogen and oxygen atoms in total. The average Bonchev–Trinajstić information content (AvgIpc) is 2.43. The van der Waals surface area contributed by atoms with Gasteiger partial charge in [0.1, 0.15) is 0 Å². The molecule has 0 atom stereocenters. The van der Waals surface area contributed by atoms with Crippen LogP contribution in [-0.2, 0) is 11.3 Å². The Morgan fingerprint density at radius 3 is 2.79 bits per heavy atom. The number of ether oxygens (including phenoxy) is 1. The highest BCUT2D eigenvalue weighted by Gasteiger charge is 2.12. The van der Waals surface area contributed by atoms with Crippen molar-refractivity contribution >= 4 is 11.6 Å². The fraction of sp³-hybridized carbons (Fsp3) is 0.625. The van der Waals surface area contributed by atoms with Gasteiger partial charge in [0.05, 0.1) is 12.7 Å². The molecule has 0 saturated heterocycles. The summed E-state index contributed by atoms with van der Waals surface area (Å²) in [7, 11) is 0. The van der Waals surface area contributed by atoms with E-state index >= 15 is 0 Å². The molecule has 0 unspecified atom stereocenters. The predicted octanol–water partition coefficient (Wildman–Crippen LogP) is 4.09. The van der Waals surface area contributed by atoms with E-state index in [1.165, 1.54) is 37.7 Å². The SMILES string of the molecule is Cc1ccc(CNCCOC2CCCCC2)cc1Cl. The van der Waals surface area contributed by atoms with E-state index in [-0.39, 0.29) is 0 Å². The highest BCUT2D eigenvalue weighted by molar-refractivity contribution is 6.31. The minimum absolute atomic E-state index is 0.504. The van der Waals surface area contributed by atoms with Crippen LogP contribution in [0, 0.1) is 6.92 Å². The van der Waals surface area contributed by atoms with Crippen LogP contribution in [0.15, 0.2) is 18.2 Å². The molecular formula is C16H24ClNO. The van der Waals surface area contributed by atoms with Gasteiger partial charge in [-0.15, -0.1) is 0 Å². The van der Waals surface area contributed by atoms with Crippen LogP contribution in [0.5, 0.6) is 0 Å². The minimum Gasteiger partial charge on any atom is -0.377 e. The lowest BCUT2D eigenvalue weighted by molar-refractivity contribution is 0.0302. The van der Waals surface area contributed by atoms with Crippen LogP contribution in [0.4, 0.5) is 0 Å². The van der Waals surface area contributed by atoms with Crippen molar-refractivity contribution in [1.29, 1.82) is 0 Å². The molecule has 3 heteroatoms. The molecule has 106 valence electrons. The van der Waals surface area contributed by atoms with Crippen molar-refractivity contribution < 1.29 is 4.74 Å². The quantitative estimate of drug-likeness (QED) is 0.793. The van der Waals surface area contributed by atoms with Crippen LogP contribution in [0.1, 0.15) is 43.2 Å². The highest BCUT2D eigenvalue weighted by Crippen LogP contribution is 2.20. The predicted molar refractivity (Wildman–Crippen MR) is 80.7 cm³/mol. The van der Waals surface area contributed by atoms with E-state index in [9.17, 15) is 0 Å². The molecule has 0 amide bonds. The van der Waals surface area contributed by atoms with Crippen LogP contribution in [0.3, 0.4) is 0 Å². The van der Waals surface area contributed by atoms with E-state index in [1.807, 2.05) is 13.0 Å². The van der Waals surface area contributed by atoms with Gasteiger partial charge in [-0.1, -0.05) is 43.0 Å². The Labute approximate surface area is 121 Å². The Morgan fingerprint density at radius 1 is 1.26 bits per heavy atom. The van der Waals surface area contributed by atoms with E-state index in [2.05, 4.69) is 17.4 Å². The van der Waals surface area contributed by atoms with Crippen molar-refractivity contribution in [2.24, 2.45) is 0 Å². The van der Waals surface area contributed by atoms with Gasteiger partial charge in [-0.05, 0) is 37.0 Å². The van der Waals surface area contributed by atoms with Crippen molar-refractivity contribution in [3.05, 3.63) is 34.3 Å².